The third kappa shape index (κ3) is 2.84. The minimum Gasteiger partial charge on any atom is -0.390 e. The highest BCUT2D eigenvalue weighted by Gasteiger charge is 2.19. The largest absolute Gasteiger partial charge is 0.390 e. The summed E-state index contributed by atoms with van der Waals surface area (Å²) in [5.41, 5.74) is 1.94. The highest BCUT2D eigenvalue weighted by atomic mass is 16.3. The molecule has 2 nitrogen and oxygen atoms in total. The number of terminal acetylenes is 1. The second kappa shape index (κ2) is 5.20. The van der Waals surface area contributed by atoms with Crippen molar-refractivity contribution in [2.75, 3.05) is 0 Å². The lowest BCUT2D eigenvalue weighted by molar-refractivity contribution is 0.167. The van der Waals surface area contributed by atoms with Gasteiger partial charge in [0.1, 0.15) is 0 Å². The zero-order valence-electron chi connectivity index (χ0n) is 8.64. The fourth-order valence-electron chi connectivity index (χ4n) is 1.40. The second-order valence-electron chi connectivity index (χ2n) is 3.49. The monoisotopic (exact) mass is 199 g/mol. The van der Waals surface area contributed by atoms with Crippen molar-refractivity contribution < 1.29 is 5.11 Å². The van der Waals surface area contributed by atoms with E-state index in [1.54, 1.807) is 0 Å². The van der Waals surface area contributed by atoms with E-state index in [2.05, 4.69) is 12.0 Å². The molecule has 0 aromatic heterocycles. The smallest absolute Gasteiger partial charge is 0.0981 e. The van der Waals surface area contributed by atoms with Gasteiger partial charge in [-0.1, -0.05) is 29.8 Å². The van der Waals surface area contributed by atoms with Gasteiger partial charge >= 0.3 is 0 Å². The number of hydrogen-bond acceptors (Lipinski definition) is 2. The summed E-state index contributed by atoms with van der Waals surface area (Å²) in [6.45, 7) is 1.98. The Labute approximate surface area is 90.2 Å². The van der Waals surface area contributed by atoms with E-state index in [0.717, 1.165) is 11.1 Å². The molecule has 1 aromatic carbocycles. The van der Waals surface area contributed by atoms with Crippen LogP contribution in [0.1, 0.15) is 23.5 Å². The SMILES string of the molecule is C#CCC(O)C(C#N)c1ccc(C)cc1. The van der Waals surface area contributed by atoms with E-state index in [4.69, 9.17) is 11.7 Å². The van der Waals surface area contributed by atoms with Crippen LogP contribution in [-0.2, 0) is 0 Å². The molecule has 0 radical (unpaired) electrons. The molecule has 2 heteroatoms. The maximum absolute atomic E-state index is 9.67. The number of aliphatic hydroxyl groups is 1. The minimum absolute atomic E-state index is 0.200. The predicted molar refractivity (Wildman–Crippen MR) is 59.0 cm³/mol. The quantitative estimate of drug-likeness (QED) is 0.756. The van der Waals surface area contributed by atoms with Gasteiger partial charge in [0.15, 0.2) is 0 Å². The van der Waals surface area contributed by atoms with Crippen molar-refractivity contribution in [1.82, 2.24) is 0 Å². The van der Waals surface area contributed by atoms with Crippen LogP contribution < -0.4 is 0 Å². The molecule has 0 fully saturated rings. The molecule has 0 saturated heterocycles. The molecule has 0 aliphatic carbocycles. The molecule has 0 amide bonds. The van der Waals surface area contributed by atoms with Crippen LogP contribution >= 0.6 is 0 Å². The maximum Gasteiger partial charge on any atom is 0.0981 e. The van der Waals surface area contributed by atoms with Gasteiger partial charge in [-0.15, -0.1) is 12.3 Å². The molecule has 0 aliphatic rings. The van der Waals surface area contributed by atoms with E-state index in [0.29, 0.717) is 0 Å². The van der Waals surface area contributed by atoms with E-state index < -0.39 is 12.0 Å². The average molecular weight is 199 g/mol. The van der Waals surface area contributed by atoms with Crippen molar-refractivity contribution in [3.63, 3.8) is 0 Å². The second-order valence-corrected chi connectivity index (χ2v) is 3.49. The number of aryl methyl sites for hydroxylation is 1. The minimum atomic E-state index is -0.789. The van der Waals surface area contributed by atoms with E-state index in [1.165, 1.54) is 0 Å². The van der Waals surface area contributed by atoms with Crippen molar-refractivity contribution in [1.29, 1.82) is 5.26 Å². The van der Waals surface area contributed by atoms with Crippen LogP contribution in [0.3, 0.4) is 0 Å². The normalized spacial score (nSPS) is 13.6. The van der Waals surface area contributed by atoms with Crippen LogP contribution in [-0.4, -0.2) is 11.2 Å². The van der Waals surface area contributed by atoms with Gasteiger partial charge in [0.25, 0.3) is 0 Å². The number of hydrogen-bond donors (Lipinski definition) is 1. The molecule has 0 heterocycles. The fraction of sp³-hybridized carbons (Fsp3) is 0.308. The van der Waals surface area contributed by atoms with Gasteiger partial charge in [0.05, 0.1) is 18.1 Å². The number of benzene rings is 1. The van der Waals surface area contributed by atoms with E-state index >= 15 is 0 Å². The van der Waals surface area contributed by atoms with Crippen molar-refractivity contribution in [2.45, 2.75) is 25.4 Å². The molecule has 0 spiro atoms. The van der Waals surface area contributed by atoms with E-state index in [-0.39, 0.29) is 6.42 Å². The number of rotatable bonds is 3. The highest BCUT2D eigenvalue weighted by Crippen LogP contribution is 2.21. The Hall–Kier alpha value is -1.77. The molecule has 0 aliphatic heterocycles. The first kappa shape index (κ1) is 11.3. The Morgan fingerprint density at radius 3 is 2.47 bits per heavy atom. The molecule has 0 bridgehead atoms. The standard InChI is InChI=1S/C13H13NO/c1-3-4-13(15)12(9-14)11-7-5-10(2)6-8-11/h1,5-8,12-13,15H,4H2,2H3. The number of aliphatic hydroxyl groups excluding tert-OH is 1. The summed E-state index contributed by atoms with van der Waals surface area (Å²) < 4.78 is 0. The maximum atomic E-state index is 9.67. The van der Waals surface area contributed by atoms with E-state index in [9.17, 15) is 5.11 Å². The topological polar surface area (TPSA) is 44.0 Å². The van der Waals surface area contributed by atoms with E-state index in [1.807, 2.05) is 31.2 Å². The van der Waals surface area contributed by atoms with Crippen LogP contribution in [0, 0.1) is 30.6 Å². The third-order valence-electron chi connectivity index (χ3n) is 2.29. The van der Waals surface area contributed by atoms with Crippen LogP contribution in [0.15, 0.2) is 24.3 Å². The molecule has 76 valence electrons. The Balaban J connectivity index is 2.89. The number of nitrogens with zero attached hydrogens (tertiary/aromatic N) is 1. The molecule has 1 rings (SSSR count). The molecular weight excluding hydrogens is 186 g/mol. The third-order valence-corrected chi connectivity index (χ3v) is 2.29. The summed E-state index contributed by atoms with van der Waals surface area (Å²) in [7, 11) is 0. The van der Waals surface area contributed by atoms with Gasteiger partial charge in [-0.2, -0.15) is 5.26 Å². The summed E-state index contributed by atoms with van der Waals surface area (Å²) in [5, 5.41) is 18.6. The van der Waals surface area contributed by atoms with Crippen LogP contribution in [0.25, 0.3) is 0 Å². The molecule has 2 unspecified atom stereocenters. The summed E-state index contributed by atoms with van der Waals surface area (Å²) in [6, 6.07) is 9.61. The van der Waals surface area contributed by atoms with Gasteiger partial charge in [-0.05, 0) is 12.5 Å². The first-order valence-electron chi connectivity index (χ1n) is 4.76. The van der Waals surface area contributed by atoms with Gasteiger partial charge in [-0.3, -0.25) is 0 Å². The molecule has 1 aromatic rings. The lowest BCUT2D eigenvalue weighted by Crippen LogP contribution is -2.16. The zero-order chi connectivity index (χ0) is 11.3. The zero-order valence-corrected chi connectivity index (χ0v) is 8.64. The highest BCUT2D eigenvalue weighted by molar-refractivity contribution is 5.29. The summed E-state index contributed by atoms with van der Waals surface area (Å²) >= 11 is 0. The van der Waals surface area contributed by atoms with Crippen molar-refractivity contribution in [3.05, 3.63) is 35.4 Å². The Morgan fingerprint density at radius 1 is 1.40 bits per heavy atom. The molecule has 0 saturated carbocycles. The van der Waals surface area contributed by atoms with Crippen LogP contribution in [0.4, 0.5) is 0 Å². The van der Waals surface area contributed by atoms with Crippen molar-refractivity contribution in [3.8, 4) is 18.4 Å². The van der Waals surface area contributed by atoms with Gasteiger partial charge in [0.2, 0.25) is 0 Å². The Kier molecular flexibility index (Phi) is 3.92. The summed E-state index contributed by atoms with van der Waals surface area (Å²) in [4.78, 5) is 0. The fourth-order valence-corrected chi connectivity index (χ4v) is 1.40. The Morgan fingerprint density at radius 2 is 2.00 bits per heavy atom. The predicted octanol–water partition coefficient (Wildman–Crippen LogP) is 1.99. The average Bonchev–Trinajstić information content (AvgIpc) is 2.22. The van der Waals surface area contributed by atoms with Crippen molar-refractivity contribution >= 4 is 0 Å². The molecular formula is C13H13NO. The van der Waals surface area contributed by atoms with Crippen LogP contribution in [0.2, 0.25) is 0 Å². The molecule has 1 N–H and O–H groups in total. The van der Waals surface area contributed by atoms with Crippen LogP contribution in [0.5, 0.6) is 0 Å². The van der Waals surface area contributed by atoms with Gasteiger partial charge < -0.3 is 5.11 Å². The lowest BCUT2D eigenvalue weighted by atomic mass is 9.92. The van der Waals surface area contributed by atoms with Gasteiger partial charge in [-0.25, -0.2) is 0 Å². The first-order chi connectivity index (χ1) is 7.19. The Bertz CT molecular complexity index is 394. The molecule has 2 atom stereocenters. The van der Waals surface area contributed by atoms with Gasteiger partial charge in [0, 0.05) is 6.42 Å². The summed E-state index contributed by atoms with van der Waals surface area (Å²) in [6.07, 6.45) is 4.52. The first-order valence-corrected chi connectivity index (χ1v) is 4.76. The number of nitriles is 1. The van der Waals surface area contributed by atoms with Crippen molar-refractivity contribution in [2.24, 2.45) is 0 Å². The lowest BCUT2D eigenvalue weighted by Gasteiger charge is -2.14. The molecule has 15 heavy (non-hydrogen) atoms. The summed E-state index contributed by atoms with van der Waals surface area (Å²) in [5.74, 6) is 1.82.